The number of amidine groups is 1. The minimum atomic E-state index is 0.565. The topological polar surface area (TPSA) is 62.3 Å². The van der Waals surface area contributed by atoms with Crippen molar-refractivity contribution in [3.8, 4) is 5.75 Å². The van der Waals surface area contributed by atoms with Crippen molar-refractivity contribution in [2.45, 2.75) is 51.2 Å². The maximum atomic E-state index is 6.12. The molecule has 0 saturated heterocycles. The second kappa shape index (κ2) is 8.11. The highest BCUT2D eigenvalue weighted by Gasteiger charge is 2.27. The Bertz CT molecular complexity index is 1000. The molecule has 5 heteroatoms. The van der Waals surface area contributed by atoms with Crippen LogP contribution in [0.3, 0.4) is 0 Å². The minimum Gasteiger partial charge on any atom is -0.489 e. The Morgan fingerprint density at radius 2 is 1.76 bits per heavy atom. The van der Waals surface area contributed by atoms with E-state index in [1.54, 1.807) is 0 Å². The maximum absolute atomic E-state index is 6.12. The first-order valence-corrected chi connectivity index (χ1v) is 10.5. The third-order valence-corrected chi connectivity index (χ3v) is 5.88. The molecule has 0 amide bonds. The Labute approximate surface area is 171 Å². The van der Waals surface area contributed by atoms with E-state index in [0.29, 0.717) is 19.1 Å². The summed E-state index contributed by atoms with van der Waals surface area (Å²) in [5.41, 5.74) is 5.76. The number of hydrogen-bond acceptors (Lipinski definition) is 4. The number of nitrogens with one attached hydrogen (secondary N) is 2. The number of aromatic nitrogens is 2. The van der Waals surface area contributed by atoms with Crippen molar-refractivity contribution < 1.29 is 4.74 Å². The van der Waals surface area contributed by atoms with Gasteiger partial charge in [0, 0.05) is 17.9 Å². The van der Waals surface area contributed by atoms with Gasteiger partial charge in [-0.3, -0.25) is 10.1 Å². The predicted octanol–water partition coefficient (Wildman–Crippen LogP) is 5.21. The van der Waals surface area contributed by atoms with Gasteiger partial charge in [-0.15, -0.1) is 0 Å². The molecule has 2 heterocycles. The van der Waals surface area contributed by atoms with Gasteiger partial charge in [0.05, 0.1) is 23.6 Å². The van der Waals surface area contributed by atoms with E-state index in [0.717, 1.165) is 35.0 Å². The van der Waals surface area contributed by atoms with Gasteiger partial charge in [0.15, 0.2) is 0 Å². The number of nitrogens with zero attached hydrogens (tertiary/aromatic N) is 2. The summed E-state index contributed by atoms with van der Waals surface area (Å²) >= 11 is 0. The third-order valence-electron chi connectivity index (χ3n) is 5.88. The van der Waals surface area contributed by atoms with Gasteiger partial charge >= 0.3 is 0 Å². The van der Waals surface area contributed by atoms with Crippen LogP contribution in [0.4, 0.5) is 5.69 Å². The van der Waals surface area contributed by atoms with Gasteiger partial charge < -0.3 is 10.1 Å². The van der Waals surface area contributed by atoms with Crippen molar-refractivity contribution in [1.29, 1.82) is 0 Å². The molecule has 29 heavy (non-hydrogen) atoms. The van der Waals surface area contributed by atoms with E-state index in [-0.39, 0.29) is 0 Å². The molecule has 1 aliphatic carbocycles. The molecule has 5 nitrogen and oxygen atoms in total. The number of anilines is 1. The number of para-hydroxylation sites is 1. The summed E-state index contributed by atoms with van der Waals surface area (Å²) in [7, 11) is 0. The van der Waals surface area contributed by atoms with E-state index in [2.05, 4.69) is 39.8 Å². The van der Waals surface area contributed by atoms with Gasteiger partial charge in [-0.25, -0.2) is 0 Å². The fourth-order valence-electron chi connectivity index (χ4n) is 4.31. The molecule has 0 radical (unpaired) electrons. The Morgan fingerprint density at radius 1 is 0.966 bits per heavy atom. The second-order valence-electron chi connectivity index (χ2n) is 7.89. The number of ether oxygens (including phenoxy) is 1. The van der Waals surface area contributed by atoms with E-state index >= 15 is 0 Å². The molecule has 148 valence electrons. The van der Waals surface area contributed by atoms with Crippen molar-refractivity contribution in [1.82, 2.24) is 10.2 Å². The molecule has 5 rings (SSSR count). The number of rotatable bonds is 6. The molecule has 2 aromatic carbocycles. The van der Waals surface area contributed by atoms with Crippen molar-refractivity contribution in [3.63, 3.8) is 0 Å². The monoisotopic (exact) mass is 386 g/mol. The molecule has 1 saturated carbocycles. The highest BCUT2D eigenvalue weighted by molar-refractivity contribution is 5.99. The zero-order valence-corrected chi connectivity index (χ0v) is 16.5. The van der Waals surface area contributed by atoms with Crippen molar-refractivity contribution in [2.24, 2.45) is 4.99 Å². The first kappa shape index (κ1) is 18.0. The highest BCUT2D eigenvalue weighted by atomic mass is 16.5. The SMILES string of the molecule is c1ccc(COc2ccccc2CC2=NCc3[nH]nc(C4CCCC4)c3N2)cc1. The van der Waals surface area contributed by atoms with E-state index in [9.17, 15) is 0 Å². The molecule has 2 aliphatic rings. The van der Waals surface area contributed by atoms with Crippen molar-refractivity contribution >= 4 is 11.5 Å². The van der Waals surface area contributed by atoms with E-state index < -0.39 is 0 Å². The Morgan fingerprint density at radius 3 is 2.62 bits per heavy atom. The number of hydrogen-bond donors (Lipinski definition) is 2. The number of fused-ring (bicyclic) bond motifs is 1. The van der Waals surface area contributed by atoms with Crippen LogP contribution in [0.2, 0.25) is 0 Å². The summed E-state index contributed by atoms with van der Waals surface area (Å²) in [6, 6.07) is 18.5. The molecular weight excluding hydrogens is 360 g/mol. The molecule has 0 unspecified atom stereocenters. The zero-order chi connectivity index (χ0) is 19.5. The zero-order valence-electron chi connectivity index (χ0n) is 16.5. The lowest BCUT2D eigenvalue weighted by Gasteiger charge is -2.19. The smallest absolute Gasteiger partial charge is 0.123 e. The normalized spacial score (nSPS) is 16.2. The van der Waals surface area contributed by atoms with Gasteiger partial charge in [0.1, 0.15) is 18.2 Å². The Balaban J connectivity index is 1.30. The molecule has 0 bridgehead atoms. The largest absolute Gasteiger partial charge is 0.489 e. The summed E-state index contributed by atoms with van der Waals surface area (Å²) in [4.78, 5) is 4.74. The molecule has 2 N–H and O–H groups in total. The van der Waals surface area contributed by atoms with Crippen LogP contribution in [0, 0.1) is 0 Å². The number of H-pyrrole nitrogens is 1. The van der Waals surface area contributed by atoms with E-state index in [1.165, 1.54) is 36.9 Å². The first-order chi connectivity index (χ1) is 14.4. The van der Waals surface area contributed by atoms with Crippen LogP contribution in [-0.4, -0.2) is 16.0 Å². The predicted molar refractivity (Wildman–Crippen MR) is 115 cm³/mol. The van der Waals surface area contributed by atoms with E-state index in [4.69, 9.17) is 9.73 Å². The quantitative estimate of drug-likeness (QED) is 0.611. The third kappa shape index (κ3) is 3.90. The van der Waals surface area contributed by atoms with Gasteiger partial charge in [-0.1, -0.05) is 61.4 Å². The molecule has 1 aromatic heterocycles. The summed E-state index contributed by atoms with van der Waals surface area (Å²) in [6.07, 6.45) is 5.81. The van der Waals surface area contributed by atoms with Gasteiger partial charge in [-0.05, 0) is 24.5 Å². The van der Waals surface area contributed by atoms with E-state index in [1.807, 2.05) is 30.3 Å². The van der Waals surface area contributed by atoms with Crippen LogP contribution in [0.25, 0.3) is 0 Å². The molecule has 0 spiro atoms. The fraction of sp³-hybridized carbons (Fsp3) is 0.333. The van der Waals surface area contributed by atoms with Crippen molar-refractivity contribution in [2.75, 3.05) is 5.32 Å². The first-order valence-electron chi connectivity index (χ1n) is 10.5. The Hall–Kier alpha value is -3.08. The highest BCUT2D eigenvalue weighted by Crippen LogP contribution is 2.38. The van der Waals surface area contributed by atoms with Crippen LogP contribution in [-0.2, 0) is 19.6 Å². The average molecular weight is 386 g/mol. The molecule has 3 aromatic rings. The summed E-state index contributed by atoms with van der Waals surface area (Å²) < 4.78 is 6.12. The number of aromatic amines is 1. The lowest BCUT2D eigenvalue weighted by Crippen LogP contribution is -2.21. The number of benzene rings is 2. The minimum absolute atomic E-state index is 0.565. The lowest BCUT2D eigenvalue weighted by atomic mass is 10.0. The second-order valence-corrected chi connectivity index (χ2v) is 7.89. The molecular formula is C24H26N4O. The van der Waals surface area contributed by atoms with Gasteiger partial charge in [0.25, 0.3) is 0 Å². The summed E-state index contributed by atoms with van der Waals surface area (Å²) in [5, 5.41) is 11.4. The Kier molecular flexibility index (Phi) is 5.03. The van der Waals surface area contributed by atoms with Crippen LogP contribution in [0.5, 0.6) is 5.75 Å². The number of aliphatic imine (C=N–C) groups is 1. The lowest BCUT2D eigenvalue weighted by molar-refractivity contribution is 0.303. The maximum Gasteiger partial charge on any atom is 0.123 e. The van der Waals surface area contributed by atoms with Crippen LogP contribution < -0.4 is 10.1 Å². The molecule has 1 aliphatic heterocycles. The van der Waals surface area contributed by atoms with Crippen LogP contribution in [0.1, 0.15) is 54.1 Å². The van der Waals surface area contributed by atoms with Crippen molar-refractivity contribution in [3.05, 3.63) is 77.1 Å². The van der Waals surface area contributed by atoms with Crippen LogP contribution in [0.15, 0.2) is 59.6 Å². The average Bonchev–Trinajstić information content (AvgIpc) is 3.43. The summed E-state index contributed by atoms with van der Waals surface area (Å²) in [6.45, 7) is 1.22. The van der Waals surface area contributed by atoms with Crippen LogP contribution >= 0.6 is 0 Å². The standard InChI is InChI=1S/C24H26N4O/c1-2-8-17(9-3-1)16-29-21-13-7-6-12-19(21)14-22-25-15-20-24(26-22)23(28-27-20)18-10-4-5-11-18/h1-3,6-9,12-13,18H,4-5,10-11,14-16H2,(H,25,26)(H,27,28). The summed E-state index contributed by atoms with van der Waals surface area (Å²) in [5.74, 6) is 2.46. The van der Waals surface area contributed by atoms with Gasteiger partial charge in [-0.2, -0.15) is 5.10 Å². The molecule has 0 atom stereocenters. The molecule has 1 fully saturated rings. The fourth-order valence-corrected chi connectivity index (χ4v) is 4.31. The van der Waals surface area contributed by atoms with Gasteiger partial charge in [0.2, 0.25) is 0 Å².